The minimum atomic E-state index is -3.69. The molecule has 0 aromatic heterocycles. The molecule has 0 amide bonds. The van der Waals surface area contributed by atoms with E-state index in [4.69, 9.17) is 20.4 Å². The highest BCUT2D eigenvalue weighted by atomic mass is 16.8. The normalized spacial score (nSPS) is 28.1. The van der Waals surface area contributed by atoms with Crippen LogP contribution in [0.25, 0.3) is 0 Å². The Morgan fingerprint density at radius 2 is 2.00 bits per heavy atom. The molecule has 0 spiro atoms. The molecule has 0 radical (unpaired) electrons. The second kappa shape index (κ2) is 2.55. The van der Waals surface area contributed by atoms with Crippen LogP contribution in [-0.2, 0) is 14.3 Å². The second-order valence-corrected chi connectivity index (χ2v) is 2.41. The van der Waals surface area contributed by atoms with E-state index in [-0.39, 0.29) is 0 Å². The van der Waals surface area contributed by atoms with E-state index in [0.717, 1.165) is 0 Å². The molecule has 1 fully saturated rings. The minimum absolute atomic E-state index is 0.981. The number of carboxylic acids is 1. The molecule has 1 unspecified atom stereocenters. The molecule has 1 saturated heterocycles. The average molecular weight is 194 g/mol. The highest BCUT2D eigenvalue weighted by Gasteiger charge is 2.64. The van der Waals surface area contributed by atoms with Gasteiger partial charge in [-0.05, 0) is 0 Å². The Hall–Kier alpha value is -1.38. The maximum Gasteiger partial charge on any atom is 0.510 e. The lowest BCUT2D eigenvalue weighted by atomic mass is 10.0. The van der Waals surface area contributed by atoms with Crippen LogP contribution in [0, 0.1) is 0 Å². The van der Waals surface area contributed by atoms with Crippen LogP contribution < -0.4 is 0 Å². The fourth-order valence-electron chi connectivity index (χ4n) is 0.776. The van der Waals surface area contributed by atoms with Crippen LogP contribution in [0.4, 0.5) is 4.79 Å². The van der Waals surface area contributed by atoms with Gasteiger partial charge in [-0.3, -0.25) is 0 Å². The number of carbonyl (C=O) groups is 2. The summed E-state index contributed by atoms with van der Waals surface area (Å²) >= 11 is 0. The second-order valence-electron chi connectivity index (χ2n) is 2.41. The number of aliphatic carboxylic acids is 1. The lowest BCUT2D eigenvalue weighted by Gasteiger charge is -2.27. The first-order valence-electron chi connectivity index (χ1n) is 3.06. The summed E-state index contributed by atoms with van der Waals surface area (Å²) in [5.74, 6) is -5.61. The van der Waals surface area contributed by atoms with Gasteiger partial charge in [-0.25, -0.2) is 9.59 Å². The Labute approximate surface area is 70.9 Å². The van der Waals surface area contributed by atoms with E-state index in [0.29, 0.717) is 0 Å². The Morgan fingerprint density at radius 1 is 1.46 bits per heavy atom. The van der Waals surface area contributed by atoms with Gasteiger partial charge in [-0.2, -0.15) is 0 Å². The fraction of sp³-hybridized carbons (Fsp3) is 0.600. The number of rotatable bonds is 2. The highest BCUT2D eigenvalue weighted by molar-refractivity contribution is 5.83. The Balaban J connectivity index is 3.04. The van der Waals surface area contributed by atoms with Gasteiger partial charge in [0.1, 0.15) is 0 Å². The van der Waals surface area contributed by atoms with E-state index in [1.807, 2.05) is 0 Å². The molecule has 74 valence electrons. The fourth-order valence-corrected chi connectivity index (χ4v) is 0.776. The van der Waals surface area contributed by atoms with Crippen molar-refractivity contribution in [2.45, 2.75) is 11.6 Å². The van der Waals surface area contributed by atoms with Gasteiger partial charge in [0.2, 0.25) is 0 Å². The van der Waals surface area contributed by atoms with E-state index in [1.54, 1.807) is 0 Å². The van der Waals surface area contributed by atoms with Crippen molar-refractivity contribution in [2.75, 3.05) is 6.61 Å². The molecule has 13 heavy (non-hydrogen) atoms. The first kappa shape index (κ1) is 9.71. The van der Waals surface area contributed by atoms with Crippen LogP contribution >= 0.6 is 0 Å². The third-order valence-electron chi connectivity index (χ3n) is 1.54. The molecule has 4 N–H and O–H groups in total. The van der Waals surface area contributed by atoms with Gasteiger partial charge in [-0.15, -0.1) is 0 Å². The van der Waals surface area contributed by atoms with Gasteiger partial charge in [-0.1, -0.05) is 0 Å². The van der Waals surface area contributed by atoms with Crippen molar-refractivity contribution in [3.8, 4) is 0 Å². The van der Waals surface area contributed by atoms with E-state index in [1.165, 1.54) is 0 Å². The number of hydrogen-bond acceptors (Lipinski definition) is 7. The Kier molecular flexibility index (Phi) is 1.91. The lowest BCUT2D eigenvalue weighted by molar-refractivity contribution is -0.374. The predicted octanol–water partition coefficient (Wildman–Crippen LogP) is -2.39. The number of carboxylic acid groups (broad SMARTS) is 1. The summed E-state index contributed by atoms with van der Waals surface area (Å²) in [6.07, 6.45) is -1.40. The molecule has 1 atom stereocenters. The van der Waals surface area contributed by atoms with Crippen LogP contribution in [0.5, 0.6) is 0 Å². The van der Waals surface area contributed by atoms with Crippen LogP contribution in [0.15, 0.2) is 0 Å². The van der Waals surface area contributed by atoms with Crippen molar-refractivity contribution in [3.05, 3.63) is 0 Å². The number of ether oxygens (including phenoxy) is 2. The lowest BCUT2D eigenvalue weighted by Crippen LogP contribution is -2.61. The topological polar surface area (TPSA) is 134 Å². The maximum absolute atomic E-state index is 10.5. The molecular weight excluding hydrogens is 188 g/mol. The summed E-state index contributed by atoms with van der Waals surface area (Å²) < 4.78 is 8.00. The number of aliphatic hydroxyl groups is 3. The molecule has 1 rings (SSSR count). The van der Waals surface area contributed by atoms with Crippen molar-refractivity contribution in [1.82, 2.24) is 0 Å². The summed E-state index contributed by atoms with van der Waals surface area (Å²) in [5.41, 5.74) is -2.88. The summed E-state index contributed by atoms with van der Waals surface area (Å²) in [7, 11) is 0. The molecular formula is C5H6O8. The highest BCUT2D eigenvalue weighted by Crippen LogP contribution is 2.28. The predicted molar refractivity (Wildman–Crippen MR) is 32.2 cm³/mol. The zero-order valence-electron chi connectivity index (χ0n) is 6.13. The molecule has 0 aliphatic carbocycles. The quantitative estimate of drug-likeness (QED) is 0.282. The standard InChI is InChI=1S/C5H6O8/c6-2(7)4(5(9,10)11)1-12-3(8)13-4/h9-11H,1H2,(H,6,7). The van der Waals surface area contributed by atoms with Gasteiger partial charge in [0, 0.05) is 0 Å². The van der Waals surface area contributed by atoms with Crippen molar-refractivity contribution in [1.29, 1.82) is 0 Å². The van der Waals surface area contributed by atoms with E-state index < -0.39 is 30.3 Å². The smallest absolute Gasteiger partial charge is 0.478 e. The third kappa shape index (κ3) is 1.30. The molecule has 8 heteroatoms. The van der Waals surface area contributed by atoms with Gasteiger partial charge in [0.15, 0.2) is 6.61 Å². The largest absolute Gasteiger partial charge is 0.510 e. The van der Waals surface area contributed by atoms with Gasteiger partial charge >= 0.3 is 23.7 Å². The Bertz CT molecular complexity index is 252. The first-order chi connectivity index (χ1) is 5.79. The van der Waals surface area contributed by atoms with Crippen LogP contribution in [-0.4, -0.2) is 50.7 Å². The molecule has 0 aromatic carbocycles. The van der Waals surface area contributed by atoms with E-state index >= 15 is 0 Å². The zero-order valence-corrected chi connectivity index (χ0v) is 6.13. The summed E-state index contributed by atoms with van der Waals surface area (Å²) in [6.45, 7) is -0.981. The molecule has 0 saturated carbocycles. The van der Waals surface area contributed by atoms with Crippen LogP contribution in [0.3, 0.4) is 0 Å². The van der Waals surface area contributed by atoms with E-state index in [2.05, 4.69) is 9.47 Å². The van der Waals surface area contributed by atoms with Crippen molar-refractivity contribution < 1.29 is 39.5 Å². The van der Waals surface area contributed by atoms with Gasteiger partial charge in [0.25, 0.3) is 0 Å². The zero-order chi connectivity index (χ0) is 10.3. The Morgan fingerprint density at radius 3 is 2.15 bits per heavy atom. The van der Waals surface area contributed by atoms with Crippen molar-refractivity contribution in [2.24, 2.45) is 0 Å². The van der Waals surface area contributed by atoms with Gasteiger partial charge in [0.05, 0.1) is 0 Å². The molecule has 1 aliphatic heterocycles. The summed E-state index contributed by atoms with van der Waals surface area (Å²) in [5, 5.41) is 34.4. The van der Waals surface area contributed by atoms with Crippen LogP contribution in [0.2, 0.25) is 0 Å². The minimum Gasteiger partial charge on any atom is -0.478 e. The first-order valence-corrected chi connectivity index (χ1v) is 3.06. The summed E-state index contributed by atoms with van der Waals surface area (Å²) in [4.78, 5) is 20.8. The SMILES string of the molecule is O=C1OCC(C(=O)O)(C(O)(O)O)O1. The average Bonchev–Trinajstić information content (AvgIpc) is 2.30. The summed E-state index contributed by atoms with van der Waals surface area (Å²) in [6, 6.07) is 0. The number of carbonyl (C=O) groups excluding carboxylic acids is 1. The molecule has 1 aliphatic rings. The molecule has 0 bridgehead atoms. The van der Waals surface area contributed by atoms with E-state index in [9.17, 15) is 9.59 Å². The van der Waals surface area contributed by atoms with Crippen molar-refractivity contribution in [3.63, 3.8) is 0 Å². The third-order valence-corrected chi connectivity index (χ3v) is 1.54. The number of cyclic esters (lactones) is 2. The number of hydrogen-bond donors (Lipinski definition) is 4. The monoisotopic (exact) mass is 194 g/mol. The van der Waals surface area contributed by atoms with Crippen LogP contribution in [0.1, 0.15) is 0 Å². The van der Waals surface area contributed by atoms with Gasteiger partial charge < -0.3 is 29.9 Å². The maximum atomic E-state index is 10.5. The van der Waals surface area contributed by atoms with Crippen molar-refractivity contribution >= 4 is 12.1 Å². The molecule has 8 nitrogen and oxygen atoms in total. The molecule has 1 heterocycles. The molecule has 0 aromatic rings.